The molecule has 22 heavy (non-hydrogen) atoms. The predicted molar refractivity (Wildman–Crippen MR) is 75.6 cm³/mol. The van der Waals surface area contributed by atoms with E-state index < -0.39 is 19.6 Å². The van der Waals surface area contributed by atoms with E-state index in [4.69, 9.17) is 13.7 Å². The maximum absolute atomic E-state index is 12.5. The number of hydrogen-bond acceptors (Lipinski definition) is 5. The van der Waals surface area contributed by atoms with Gasteiger partial charge < -0.3 is 0 Å². The Morgan fingerprint density at radius 1 is 1.14 bits per heavy atom. The molecule has 0 heterocycles. The van der Waals surface area contributed by atoms with Crippen molar-refractivity contribution in [2.24, 2.45) is 5.16 Å². The third-order valence-electron chi connectivity index (χ3n) is 2.48. The van der Waals surface area contributed by atoms with Gasteiger partial charge in [0.15, 0.2) is 0 Å². The molecule has 0 N–H and O–H groups in total. The summed E-state index contributed by atoms with van der Waals surface area (Å²) in [4.78, 5) is 0. The summed E-state index contributed by atoms with van der Waals surface area (Å²) < 4.78 is 64.0. The normalized spacial score (nSPS) is 13.3. The quantitative estimate of drug-likeness (QED) is 0.413. The number of alkyl halides is 3. The van der Waals surface area contributed by atoms with Crippen LogP contribution in [0.15, 0.2) is 29.4 Å². The Morgan fingerprint density at radius 2 is 1.64 bits per heavy atom. The molecule has 0 atom stereocenters. The van der Waals surface area contributed by atoms with E-state index in [2.05, 4.69) is 5.16 Å². The second-order valence-electron chi connectivity index (χ2n) is 4.12. The van der Waals surface area contributed by atoms with Gasteiger partial charge in [0.25, 0.3) is 0 Å². The molecule has 0 aliphatic heterocycles. The fraction of sp³-hybridized carbons (Fsp3) is 0.462. The Morgan fingerprint density at radius 3 is 2.05 bits per heavy atom. The number of hydrogen-bond donors (Lipinski definition) is 0. The molecule has 0 fully saturated rings. The van der Waals surface area contributed by atoms with Crippen LogP contribution in [0.2, 0.25) is 0 Å². The molecule has 0 aliphatic carbocycles. The Labute approximate surface area is 126 Å². The molecule has 0 amide bonds. The number of phosphoric ester groups is 1. The first-order valence-corrected chi connectivity index (χ1v) is 7.98. The number of nitrogens with zero attached hydrogens (tertiary/aromatic N) is 1. The van der Waals surface area contributed by atoms with E-state index in [-0.39, 0.29) is 18.9 Å². The van der Waals surface area contributed by atoms with Gasteiger partial charge in [-0.2, -0.15) is 13.2 Å². The zero-order chi connectivity index (χ0) is 16.8. The molecule has 0 bridgehead atoms. The molecule has 1 rings (SSSR count). The summed E-state index contributed by atoms with van der Waals surface area (Å²) in [5, 5.41) is 3.62. The van der Waals surface area contributed by atoms with Crippen LogP contribution in [0.4, 0.5) is 13.2 Å². The van der Waals surface area contributed by atoms with Crippen LogP contribution in [0.5, 0.6) is 0 Å². The lowest BCUT2D eigenvalue weighted by atomic mass is 10.1. The maximum Gasteiger partial charge on any atom is 0.550 e. The van der Waals surface area contributed by atoms with Crippen molar-refractivity contribution in [2.45, 2.75) is 26.9 Å². The Kier molecular flexibility index (Phi) is 6.59. The van der Waals surface area contributed by atoms with Crippen LogP contribution >= 0.6 is 7.82 Å². The van der Waals surface area contributed by atoms with Crippen LogP contribution < -0.4 is 0 Å². The smallest absolute Gasteiger partial charge is 0.292 e. The molecule has 124 valence electrons. The van der Waals surface area contributed by atoms with Gasteiger partial charge in [-0.3, -0.25) is 13.7 Å². The highest BCUT2D eigenvalue weighted by Crippen LogP contribution is 2.49. The van der Waals surface area contributed by atoms with Gasteiger partial charge in [-0.15, -0.1) is 0 Å². The Balaban J connectivity index is 2.86. The topological polar surface area (TPSA) is 57.1 Å². The van der Waals surface area contributed by atoms with E-state index in [1.165, 1.54) is 19.1 Å². The van der Waals surface area contributed by atoms with Gasteiger partial charge in [-0.1, -0.05) is 17.3 Å². The van der Waals surface area contributed by atoms with Crippen molar-refractivity contribution < 1.29 is 31.4 Å². The number of benzene rings is 1. The summed E-state index contributed by atoms with van der Waals surface area (Å²) in [5.41, 5.74) is -0.125. The van der Waals surface area contributed by atoms with Crippen LogP contribution in [0.3, 0.4) is 0 Å². The summed E-state index contributed by atoms with van der Waals surface area (Å²) in [6, 6.07) is 4.35. The molecule has 0 unspecified atom stereocenters. The first-order valence-electron chi connectivity index (χ1n) is 6.52. The van der Waals surface area contributed by atoms with Crippen LogP contribution in [-0.2, 0) is 24.4 Å². The molecule has 0 spiro atoms. The Hall–Kier alpha value is -1.37. The first-order chi connectivity index (χ1) is 10.2. The van der Waals surface area contributed by atoms with E-state index in [0.717, 1.165) is 12.1 Å². The standard InChI is InChI=1S/C13H17F3NO4P/c1-4-19-22(18,20-5-2)21-17-10(3)11-6-8-12(9-7-11)13(14,15)16/h6-9H,4-5H2,1-3H3/b17-10-. The highest BCUT2D eigenvalue weighted by molar-refractivity contribution is 7.48. The van der Waals surface area contributed by atoms with Gasteiger partial charge in [-0.05, 0) is 38.5 Å². The van der Waals surface area contributed by atoms with E-state index in [1.54, 1.807) is 13.8 Å². The number of oxime groups is 1. The van der Waals surface area contributed by atoms with Crippen molar-refractivity contribution in [3.63, 3.8) is 0 Å². The largest absolute Gasteiger partial charge is 0.550 e. The molecule has 0 aliphatic rings. The van der Waals surface area contributed by atoms with Crippen LogP contribution in [0, 0.1) is 0 Å². The molecule has 1 aromatic carbocycles. The average Bonchev–Trinajstić information content (AvgIpc) is 2.45. The average molecular weight is 339 g/mol. The molecule has 5 nitrogen and oxygen atoms in total. The first kappa shape index (κ1) is 18.7. The van der Waals surface area contributed by atoms with Crippen molar-refractivity contribution in [1.29, 1.82) is 0 Å². The third-order valence-corrected chi connectivity index (χ3v) is 3.91. The fourth-order valence-electron chi connectivity index (χ4n) is 1.46. The molecule has 9 heteroatoms. The lowest BCUT2D eigenvalue weighted by molar-refractivity contribution is -0.137. The second kappa shape index (κ2) is 7.76. The molecule has 0 radical (unpaired) electrons. The summed E-state index contributed by atoms with van der Waals surface area (Å²) in [6.07, 6.45) is -4.40. The summed E-state index contributed by atoms with van der Waals surface area (Å²) in [7, 11) is -3.80. The minimum Gasteiger partial charge on any atom is -0.292 e. The molecular formula is C13H17F3NO4P. The van der Waals surface area contributed by atoms with Gasteiger partial charge in [-0.25, -0.2) is 4.57 Å². The van der Waals surface area contributed by atoms with Crippen LogP contribution in [0.1, 0.15) is 31.9 Å². The summed E-state index contributed by atoms with van der Waals surface area (Å²) in [5.74, 6) is 0. The molecular weight excluding hydrogens is 322 g/mol. The van der Waals surface area contributed by atoms with E-state index in [0.29, 0.717) is 5.56 Å². The third kappa shape index (κ3) is 5.44. The highest BCUT2D eigenvalue weighted by Gasteiger charge is 2.30. The predicted octanol–water partition coefficient (Wildman–Crippen LogP) is 4.63. The monoisotopic (exact) mass is 339 g/mol. The molecule has 1 aromatic rings. The minimum atomic E-state index is -4.40. The SMILES string of the molecule is CCOP(=O)(OCC)O/N=C(/C)c1ccc(C(F)(F)F)cc1. The number of halogens is 3. The Bertz CT molecular complexity index is 547. The van der Waals surface area contributed by atoms with Gasteiger partial charge in [0, 0.05) is 0 Å². The fourth-order valence-corrected chi connectivity index (χ4v) is 2.49. The lowest BCUT2D eigenvalue weighted by Crippen LogP contribution is -2.05. The van der Waals surface area contributed by atoms with E-state index in [1.807, 2.05) is 0 Å². The molecule has 0 aromatic heterocycles. The van der Waals surface area contributed by atoms with Crippen molar-refractivity contribution in [3.8, 4) is 0 Å². The highest BCUT2D eigenvalue weighted by atomic mass is 31.2. The second-order valence-corrected chi connectivity index (χ2v) is 5.69. The van der Waals surface area contributed by atoms with Crippen molar-refractivity contribution >= 4 is 13.5 Å². The van der Waals surface area contributed by atoms with Crippen molar-refractivity contribution in [3.05, 3.63) is 35.4 Å². The summed E-state index contributed by atoms with van der Waals surface area (Å²) in [6.45, 7) is 4.94. The maximum atomic E-state index is 12.5. The van der Waals surface area contributed by atoms with E-state index in [9.17, 15) is 17.7 Å². The lowest BCUT2D eigenvalue weighted by Gasteiger charge is -2.13. The zero-order valence-electron chi connectivity index (χ0n) is 12.4. The van der Waals surface area contributed by atoms with Gasteiger partial charge >= 0.3 is 14.0 Å². The zero-order valence-corrected chi connectivity index (χ0v) is 13.3. The summed E-state index contributed by atoms with van der Waals surface area (Å²) >= 11 is 0. The van der Waals surface area contributed by atoms with Crippen molar-refractivity contribution in [1.82, 2.24) is 0 Å². The van der Waals surface area contributed by atoms with Gasteiger partial charge in [0.2, 0.25) is 0 Å². The van der Waals surface area contributed by atoms with Crippen molar-refractivity contribution in [2.75, 3.05) is 13.2 Å². The molecule has 0 saturated heterocycles. The minimum absolute atomic E-state index is 0.103. The molecule has 0 saturated carbocycles. The van der Waals surface area contributed by atoms with Gasteiger partial charge in [0.05, 0.1) is 24.5 Å². The van der Waals surface area contributed by atoms with E-state index >= 15 is 0 Å². The van der Waals surface area contributed by atoms with Crippen LogP contribution in [0.25, 0.3) is 0 Å². The number of phosphoric acid groups is 1. The van der Waals surface area contributed by atoms with Crippen LogP contribution in [-0.4, -0.2) is 18.9 Å². The number of rotatable bonds is 7. The van der Waals surface area contributed by atoms with Gasteiger partial charge in [0.1, 0.15) is 0 Å².